The maximum absolute atomic E-state index is 13.9. The minimum Gasteiger partial charge on any atom is -0.494 e. The number of aliphatic carboxylic acids is 1. The van der Waals surface area contributed by atoms with Crippen LogP contribution in [0.25, 0.3) is 0 Å². The highest BCUT2D eigenvalue weighted by Gasteiger charge is 2.17. The molecule has 0 bridgehead atoms. The van der Waals surface area contributed by atoms with Gasteiger partial charge in [-0.3, -0.25) is 4.79 Å². The van der Waals surface area contributed by atoms with E-state index in [0.717, 1.165) is 28.5 Å². The molecule has 0 aliphatic heterocycles. The van der Waals surface area contributed by atoms with E-state index in [-0.39, 0.29) is 12.3 Å². The Hall–Kier alpha value is -3.25. The molecule has 0 aliphatic rings. The molecule has 0 fully saturated rings. The van der Waals surface area contributed by atoms with Crippen LogP contribution in [0.2, 0.25) is 0 Å². The molecular weight excluding hydrogens is 436 g/mol. The van der Waals surface area contributed by atoms with Crippen molar-refractivity contribution < 1.29 is 23.4 Å². The van der Waals surface area contributed by atoms with Crippen molar-refractivity contribution in [1.29, 1.82) is 0 Å². The standard InChI is InChI=1S/C28H31F2NO3/c1-19-5-8-22(14-20(19)2)27(23-15-24(29)17-25(30)16-23)4-3-13-34-26-9-6-21(7-10-26)18-31-12-11-28(32)33/h5-10,14-17,27,31H,3-4,11-13,18H2,1-2H3,(H,32,33). The molecule has 1 unspecified atom stereocenters. The lowest BCUT2D eigenvalue weighted by molar-refractivity contribution is -0.136. The van der Waals surface area contributed by atoms with Crippen LogP contribution in [0, 0.1) is 25.5 Å². The van der Waals surface area contributed by atoms with E-state index in [1.807, 2.05) is 50.2 Å². The van der Waals surface area contributed by atoms with Crippen molar-refractivity contribution in [3.63, 3.8) is 0 Å². The zero-order valence-corrected chi connectivity index (χ0v) is 19.6. The molecule has 34 heavy (non-hydrogen) atoms. The molecule has 1 atom stereocenters. The van der Waals surface area contributed by atoms with Gasteiger partial charge in [-0.1, -0.05) is 30.3 Å². The zero-order chi connectivity index (χ0) is 24.5. The molecule has 0 saturated heterocycles. The number of carboxylic acid groups (broad SMARTS) is 1. The minimum absolute atomic E-state index is 0.0899. The lowest BCUT2D eigenvalue weighted by Crippen LogP contribution is -2.17. The molecule has 0 heterocycles. The fraction of sp³-hybridized carbons (Fsp3) is 0.321. The van der Waals surface area contributed by atoms with Crippen LogP contribution in [0.4, 0.5) is 8.78 Å². The Kier molecular flexibility index (Phi) is 9.16. The van der Waals surface area contributed by atoms with Gasteiger partial charge in [0.25, 0.3) is 0 Å². The second kappa shape index (κ2) is 12.3. The molecule has 0 spiro atoms. The first-order valence-corrected chi connectivity index (χ1v) is 11.5. The van der Waals surface area contributed by atoms with Crippen LogP contribution in [0.1, 0.15) is 53.0 Å². The van der Waals surface area contributed by atoms with E-state index in [0.29, 0.717) is 38.1 Å². The Labute approximate surface area is 199 Å². The third-order valence-electron chi connectivity index (χ3n) is 5.89. The largest absolute Gasteiger partial charge is 0.494 e. The van der Waals surface area contributed by atoms with Crippen molar-refractivity contribution in [2.24, 2.45) is 0 Å². The normalized spacial score (nSPS) is 11.9. The van der Waals surface area contributed by atoms with Gasteiger partial charge in [0, 0.05) is 25.1 Å². The number of rotatable bonds is 12. The number of ether oxygens (including phenoxy) is 1. The summed E-state index contributed by atoms with van der Waals surface area (Å²) in [5.74, 6) is -1.35. The van der Waals surface area contributed by atoms with Gasteiger partial charge in [-0.15, -0.1) is 0 Å². The highest BCUT2D eigenvalue weighted by Crippen LogP contribution is 2.31. The van der Waals surface area contributed by atoms with Crippen molar-refractivity contribution in [2.45, 2.75) is 45.6 Å². The van der Waals surface area contributed by atoms with Crippen LogP contribution in [0.15, 0.2) is 60.7 Å². The number of aryl methyl sites for hydroxylation is 2. The molecule has 0 aliphatic carbocycles. The van der Waals surface area contributed by atoms with Gasteiger partial charge in [0.15, 0.2) is 0 Å². The second-order valence-corrected chi connectivity index (χ2v) is 8.55. The van der Waals surface area contributed by atoms with Crippen molar-refractivity contribution in [3.8, 4) is 5.75 Å². The maximum atomic E-state index is 13.9. The third-order valence-corrected chi connectivity index (χ3v) is 5.89. The van der Waals surface area contributed by atoms with E-state index < -0.39 is 17.6 Å². The number of hydrogen-bond donors (Lipinski definition) is 2. The fourth-order valence-electron chi connectivity index (χ4n) is 3.89. The molecule has 3 rings (SSSR count). The molecule has 3 aromatic carbocycles. The van der Waals surface area contributed by atoms with Gasteiger partial charge in [-0.05, 0) is 78.8 Å². The molecule has 6 heteroatoms. The van der Waals surface area contributed by atoms with Gasteiger partial charge >= 0.3 is 5.97 Å². The smallest absolute Gasteiger partial charge is 0.304 e. The summed E-state index contributed by atoms with van der Waals surface area (Å²) in [6.07, 6.45) is 1.50. The van der Waals surface area contributed by atoms with Crippen LogP contribution in [-0.4, -0.2) is 24.2 Å². The number of hydrogen-bond acceptors (Lipinski definition) is 3. The van der Waals surface area contributed by atoms with Crippen LogP contribution >= 0.6 is 0 Å². The van der Waals surface area contributed by atoms with Gasteiger partial charge in [0.05, 0.1) is 13.0 Å². The summed E-state index contributed by atoms with van der Waals surface area (Å²) >= 11 is 0. The Morgan fingerprint density at radius 2 is 1.65 bits per heavy atom. The number of carbonyl (C=O) groups is 1. The number of nitrogens with one attached hydrogen (secondary N) is 1. The summed E-state index contributed by atoms with van der Waals surface area (Å²) < 4.78 is 33.7. The molecule has 4 nitrogen and oxygen atoms in total. The van der Waals surface area contributed by atoms with Crippen LogP contribution in [-0.2, 0) is 11.3 Å². The molecule has 3 aromatic rings. The van der Waals surface area contributed by atoms with Gasteiger partial charge < -0.3 is 15.2 Å². The lowest BCUT2D eigenvalue weighted by atomic mass is 9.86. The lowest BCUT2D eigenvalue weighted by Gasteiger charge is -2.20. The van der Waals surface area contributed by atoms with E-state index in [1.165, 1.54) is 17.7 Å². The van der Waals surface area contributed by atoms with E-state index in [2.05, 4.69) is 11.4 Å². The molecular formula is C28H31F2NO3. The molecule has 2 N–H and O–H groups in total. The van der Waals surface area contributed by atoms with Crippen LogP contribution in [0.5, 0.6) is 5.75 Å². The maximum Gasteiger partial charge on any atom is 0.304 e. The molecule has 0 saturated carbocycles. The van der Waals surface area contributed by atoms with Gasteiger partial charge in [0.1, 0.15) is 17.4 Å². The number of halogens is 2. The molecule has 180 valence electrons. The fourth-order valence-corrected chi connectivity index (χ4v) is 3.89. The monoisotopic (exact) mass is 467 g/mol. The van der Waals surface area contributed by atoms with E-state index in [4.69, 9.17) is 9.84 Å². The zero-order valence-electron chi connectivity index (χ0n) is 19.6. The SMILES string of the molecule is Cc1ccc(C(CCCOc2ccc(CNCCC(=O)O)cc2)c2cc(F)cc(F)c2)cc1C. The van der Waals surface area contributed by atoms with Crippen molar-refractivity contribution in [3.05, 3.63) is 100 Å². The second-order valence-electron chi connectivity index (χ2n) is 8.55. The van der Waals surface area contributed by atoms with Crippen molar-refractivity contribution in [2.75, 3.05) is 13.2 Å². The van der Waals surface area contributed by atoms with Crippen LogP contribution < -0.4 is 10.1 Å². The highest BCUT2D eigenvalue weighted by molar-refractivity contribution is 5.66. The summed E-state index contributed by atoms with van der Waals surface area (Å²) in [6, 6.07) is 17.5. The van der Waals surface area contributed by atoms with Gasteiger partial charge in [-0.25, -0.2) is 8.78 Å². The predicted molar refractivity (Wildman–Crippen MR) is 129 cm³/mol. The van der Waals surface area contributed by atoms with Gasteiger partial charge in [-0.2, -0.15) is 0 Å². The summed E-state index contributed by atoms with van der Waals surface area (Å²) in [6.45, 7) is 5.58. The molecule has 0 amide bonds. The number of benzene rings is 3. The first kappa shape index (κ1) is 25.4. The Bertz CT molecular complexity index is 1080. The third kappa shape index (κ3) is 7.66. The topological polar surface area (TPSA) is 58.6 Å². The minimum atomic E-state index is -0.821. The Balaban J connectivity index is 1.58. The number of carboxylic acids is 1. The van der Waals surface area contributed by atoms with Gasteiger partial charge in [0.2, 0.25) is 0 Å². The van der Waals surface area contributed by atoms with Crippen LogP contribution in [0.3, 0.4) is 0 Å². The van der Waals surface area contributed by atoms with Crippen molar-refractivity contribution >= 4 is 5.97 Å². The highest BCUT2D eigenvalue weighted by atomic mass is 19.1. The van der Waals surface area contributed by atoms with E-state index in [1.54, 1.807) is 0 Å². The first-order valence-electron chi connectivity index (χ1n) is 11.5. The average Bonchev–Trinajstić information content (AvgIpc) is 2.79. The van der Waals surface area contributed by atoms with Crippen molar-refractivity contribution in [1.82, 2.24) is 5.32 Å². The van der Waals surface area contributed by atoms with E-state index >= 15 is 0 Å². The molecule has 0 aromatic heterocycles. The average molecular weight is 468 g/mol. The summed E-state index contributed by atoms with van der Waals surface area (Å²) in [5.41, 5.74) is 5.03. The summed E-state index contributed by atoms with van der Waals surface area (Å²) in [7, 11) is 0. The first-order chi connectivity index (χ1) is 16.3. The Morgan fingerprint density at radius 3 is 2.29 bits per heavy atom. The van der Waals surface area contributed by atoms with E-state index in [9.17, 15) is 13.6 Å². The predicted octanol–water partition coefficient (Wildman–Crippen LogP) is 6.14. The summed E-state index contributed by atoms with van der Waals surface area (Å²) in [5, 5.41) is 11.8. The summed E-state index contributed by atoms with van der Waals surface area (Å²) in [4.78, 5) is 10.6. The molecule has 0 radical (unpaired) electrons. The quantitative estimate of drug-likeness (QED) is 0.314. The Morgan fingerprint density at radius 1 is 0.941 bits per heavy atom.